The second-order valence-corrected chi connectivity index (χ2v) is 3.08. The first-order chi connectivity index (χ1) is 6.68. The molecule has 0 N–H and O–H groups in total. The fourth-order valence-corrected chi connectivity index (χ4v) is 1.46. The number of hydrogen-bond donors (Lipinski definition) is 0. The summed E-state index contributed by atoms with van der Waals surface area (Å²) in [4.78, 5) is 27.0. The summed E-state index contributed by atoms with van der Waals surface area (Å²) >= 11 is 0. The average Bonchev–Trinajstić information content (AvgIpc) is 2.44. The lowest BCUT2D eigenvalue weighted by atomic mass is 10.1. The third-order valence-corrected chi connectivity index (χ3v) is 2.03. The van der Waals surface area contributed by atoms with E-state index < -0.39 is 5.97 Å². The fraction of sp³-hybridized carbons (Fsp3) is 0.200. The molecule has 0 spiro atoms. The van der Waals surface area contributed by atoms with Crippen molar-refractivity contribution in [2.45, 2.75) is 13.5 Å². The maximum atomic E-state index is 11.6. The van der Waals surface area contributed by atoms with Gasteiger partial charge in [0.15, 0.2) is 0 Å². The van der Waals surface area contributed by atoms with Crippen LogP contribution in [0, 0.1) is 0 Å². The Labute approximate surface area is 81.0 Å². The molecular weight excluding hydrogens is 182 g/mol. The molecule has 2 rings (SSSR count). The minimum absolute atomic E-state index is 0.254. The molecule has 0 bridgehead atoms. The van der Waals surface area contributed by atoms with Crippen molar-refractivity contribution in [3.63, 3.8) is 0 Å². The summed E-state index contributed by atoms with van der Waals surface area (Å²) in [6, 6.07) is 7.20. The summed E-state index contributed by atoms with van der Waals surface area (Å²) in [7, 11) is 0. The fourth-order valence-electron chi connectivity index (χ4n) is 1.46. The molecule has 0 saturated heterocycles. The van der Waals surface area contributed by atoms with Crippen LogP contribution in [0.1, 0.15) is 22.8 Å². The molecule has 0 fully saturated rings. The van der Waals surface area contributed by atoms with Crippen molar-refractivity contribution in [3.8, 4) is 0 Å². The first kappa shape index (κ1) is 8.74. The lowest BCUT2D eigenvalue weighted by Gasteiger charge is -2.12. The molecule has 1 amide bonds. The van der Waals surface area contributed by atoms with E-state index in [-0.39, 0.29) is 5.91 Å². The standard InChI is InChI=1S/C10H9NO3/c1-7(12)14-11-6-8-4-2-3-5-9(8)10(11)13/h2-5H,6H2,1H3. The Bertz CT molecular complexity index is 400. The summed E-state index contributed by atoms with van der Waals surface area (Å²) in [5, 5.41) is 1.08. The number of hydrogen-bond acceptors (Lipinski definition) is 3. The summed E-state index contributed by atoms with van der Waals surface area (Å²) in [5.41, 5.74) is 1.49. The molecule has 1 aliphatic heterocycles. The number of benzene rings is 1. The average molecular weight is 191 g/mol. The first-order valence-corrected chi connectivity index (χ1v) is 4.27. The van der Waals surface area contributed by atoms with E-state index in [2.05, 4.69) is 0 Å². The summed E-state index contributed by atoms with van der Waals surface area (Å²) in [5.74, 6) is -0.734. The van der Waals surface area contributed by atoms with Crippen LogP contribution in [-0.2, 0) is 16.2 Å². The lowest BCUT2D eigenvalue weighted by Crippen LogP contribution is -2.26. The summed E-state index contributed by atoms with van der Waals surface area (Å²) < 4.78 is 0. The van der Waals surface area contributed by atoms with Gasteiger partial charge in [-0.05, 0) is 11.6 Å². The van der Waals surface area contributed by atoms with Gasteiger partial charge in [0, 0.05) is 12.5 Å². The van der Waals surface area contributed by atoms with Gasteiger partial charge in [-0.3, -0.25) is 9.59 Å². The highest BCUT2D eigenvalue weighted by Crippen LogP contribution is 2.22. The topological polar surface area (TPSA) is 46.6 Å². The van der Waals surface area contributed by atoms with Gasteiger partial charge in [0.1, 0.15) is 0 Å². The number of carbonyl (C=O) groups is 2. The smallest absolute Gasteiger partial charge is 0.329 e. The van der Waals surface area contributed by atoms with E-state index in [4.69, 9.17) is 4.84 Å². The Kier molecular flexibility index (Phi) is 1.96. The Balaban J connectivity index is 2.26. The molecule has 4 heteroatoms. The predicted octanol–water partition coefficient (Wildman–Crippen LogP) is 1.12. The number of amides is 1. The van der Waals surface area contributed by atoms with Crippen LogP contribution < -0.4 is 0 Å². The largest absolute Gasteiger partial charge is 0.338 e. The zero-order chi connectivity index (χ0) is 10.1. The third-order valence-electron chi connectivity index (χ3n) is 2.03. The summed E-state index contributed by atoms with van der Waals surface area (Å²) in [6.45, 7) is 1.62. The quantitative estimate of drug-likeness (QED) is 0.668. The second-order valence-electron chi connectivity index (χ2n) is 3.08. The van der Waals surface area contributed by atoms with Crippen molar-refractivity contribution in [2.75, 3.05) is 0 Å². The molecule has 1 aromatic carbocycles. The molecule has 0 unspecified atom stereocenters. The SMILES string of the molecule is CC(=O)ON1Cc2ccccc2C1=O. The van der Waals surface area contributed by atoms with Crippen molar-refractivity contribution in [1.29, 1.82) is 0 Å². The van der Waals surface area contributed by atoms with E-state index in [1.165, 1.54) is 6.92 Å². The van der Waals surface area contributed by atoms with Gasteiger partial charge in [-0.2, -0.15) is 5.06 Å². The maximum absolute atomic E-state index is 11.6. The monoisotopic (exact) mass is 191 g/mol. The molecule has 0 atom stereocenters. The van der Waals surface area contributed by atoms with Crippen LogP contribution in [0.4, 0.5) is 0 Å². The highest BCUT2D eigenvalue weighted by molar-refractivity contribution is 5.98. The Morgan fingerprint density at radius 3 is 2.79 bits per heavy atom. The minimum Gasteiger partial charge on any atom is -0.338 e. The summed E-state index contributed by atoms with van der Waals surface area (Å²) in [6.07, 6.45) is 0. The van der Waals surface area contributed by atoms with Crippen molar-refractivity contribution in [1.82, 2.24) is 5.06 Å². The van der Waals surface area contributed by atoms with Gasteiger partial charge >= 0.3 is 5.97 Å². The molecule has 0 aliphatic carbocycles. The van der Waals surface area contributed by atoms with Crippen LogP contribution in [0.2, 0.25) is 0 Å². The zero-order valence-electron chi connectivity index (χ0n) is 7.69. The van der Waals surface area contributed by atoms with Crippen LogP contribution in [0.3, 0.4) is 0 Å². The van der Waals surface area contributed by atoms with Crippen LogP contribution >= 0.6 is 0 Å². The van der Waals surface area contributed by atoms with E-state index >= 15 is 0 Å². The molecule has 1 aliphatic rings. The van der Waals surface area contributed by atoms with Crippen LogP contribution in [-0.4, -0.2) is 16.9 Å². The van der Waals surface area contributed by atoms with Gasteiger partial charge in [0.2, 0.25) is 0 Å². The third kappa shape index (κ3) is 1.35. The van der Waals surface area contributed by atoms with Crippen molar-refractivity contribution in [2.24, 2.45) is 0 Å². The van der Waals surface area contributed by atoms with Gasteiger partial charge < -0.3 is 4.84 Å². The highest BCUT2D eigenvalue weighted by atomic mass is 16.7. The van der Waals surface area contributed by atoms with Crippen molar-refractivity contribution >= 4 is 11.9 Å². The van der Waals surface area contributed by atoms with Gasteiger partial charge in [0.05, 0.1) is 6.54 Å². The zero-order valence-corrected chi connectivity index (χ0v) is 7.69. The van der Waals surface area contributed by atoms with E-state index in [0.717, 1.165) is 10.6 Å². The molecule has 14 heavy (non-hydrogen) atoms. The van der Waals surface area contributed by atoms with Crippen LogP contribution in [0.5, 0.6) is 0 Å². The molecule has 0 radical (unpaired) electrons. The molecule has 1 aromatic rings. The first-order valence-electron chi connectivity index (χ1n) is 4.27. The van der Waals surface area contributed by atoms with Crippen LogP contribution in [0.25, 0.3) is 0 Å². The van der Waals surface area contributed by atoms with E-state index in [1.807, 2.05) is 12.1 Å². The maximum Gasteiger partial charge on any atom is 0.329 e. The molecule has 0 saturated carbocycles. The Hall–Kier alpha value is -1.84. The second kappa shape index (κ2) is 3.14. The number of nitrogens with zero attached hydrogens (tertiary/aromatic N) is 1. The number of fused-ring (bicyclic) bond motifs is 1. The van der Waals surface area contributed by atoms with E-state index in [1.54, 1.807) is 12.1 Å². The van der Waals surface area contributed by atoms with Gasteiger partial charge in [-0.15, -0.1) is 0 Å². The number of hydroxylamine groups is 2. The molecule has 0 aromatic heterocycles. The molecule has 1 heterocycles. The van der Waals surface area contributed by atoms with Gasteiger partial charge in [-0.25, -0.2) is 0 Å². The van der Waals surface area contributed by atoms with E-state index in [0.29, 0.717) is 12.1 Å². The van der Waals surface area contributed by atoms with Gasteiger partial charge in [-0.1, -0.05) is 18.2 Å². The predicted molar refractivity (Wildman–Crippen MR) is 48.1 cm³/mol. The van der Waals surface area contributed by atoms with Crippen molar-refractivity contribution in [3.05, 3.63) is 35.4 Å². The molecular formula is C10H9NO3. The molecule has 72 valence electrons. The number of rotatable bonds is 1. The number of carbonyl (C=O) groups excluding carboxylic acids is 2. The van der Waals surface area contributed by atoms with E-state index in [9.17, 15) is 9.59 Å². The minimum atomic E-state index is -0.480. The highest BCUT2D eigenvalue weighted by Gasteiger charge is 2.29. The van der Waals surface area contributed by atoms with Gasteiger partial charge in [0.25, 0.3) is 5.91 Å². The normalized spacial score (nSPS) is 14.1. The Morgan fingerprint density at radius 1 is 1.43 bits per heavy atom. The molecule has 4 nitrogen and oxygen atoms in total. The Morgan fingerprint density at radius 2 is 2.14 bits per heavy atom. The van der Waals surface area contributed by atoms with Crippen molar-refractivity contribution < 1.29 is 14.4 Å². The lowest BCUT2D eigenvalue weighted by molar-refractivity contribution is -0.175. The van der Waals surface area contributed by atoms with Crippen LogP contribution in [0.15, 0.2) is 24.3 Å².